The van der Waals surface area contributed by atoms with Crippen LogP contribution in [-0.4, -0.2) is 79.4 Å². The fourth-order valence-corrected chi connectivity index (χ4v) is 2.55. The molecule has 190 valence electrons. The first-order chi connectivity index (χ1) is 15.9. The Morgan fingerprint density at radius 1 is 0.730 bits per heavy atom. The maximum Gasteiger partial charge on any atom is 2.00 e. The number of hydrogen-bond donors (Lipinski definition) is 0. The number of hydrogen-bond acceptors (Lipinski definition) is 7. The minimum atomic E-state index is -0.234. The summed E-state index contributed by atoms with van der Waals surface area (Å²) >= 11 is 0. The van der Waals surface area contributed by atoms with Gasteiger partial charge in [-0.3, -0.25) is 14.8 Å². The van der Waals surface area contributed by atoms with Crippen LogP contribution in [0.2, 0.25) is 0 Å². The minimum absolute atomic E-state index is 0. The van der Waals surface area contributed by atoms with E-state index in [4.69, 9.17) is 9.47 Å². The van der Waals surface area contributed by atoms with E-state index in [-0.39, 0.29) is 94.6 Å². The second-order valence-corrected chi connectivity index (χ2v) is 6.83. The maximum atomic E-state index is 12.2. The van der Waals surface area contributed by atoms with Gasteiger partial charge >= 0.3 is 46.8 Å². The molecule has 0 heterocycles. The number of nitrogens with zero attached hydrogens (tertiary/aromatic N) is 3. The molecule has 12 heteroatoms. The van der Waals surface area contributed by atoms with Gasteiger partial charge in [0.1, 0.15) is 11.5 Å². The van der Waals surface area contributed by atoms with Gasteiger partial charge in [-0.2, -0.15) is 0 Å². The molecule has 0 fully saturated rings. The Hall–Kier alpha value is -2.20. The van der Waals surface area contributed by atoms with Crippen molar-refractivity contribution in [2.75, 3.05) is 28.3 Å². The van der Waals surface area contributed by atoms with E-state index in [2.05, 4.69) is 9.98 Å². The fraction of sp³-hybridized carbons (Fsp3) is 0.160. The van der Waals surface area contributed by atoms with Crippen molar-refractivity contribution in [1.82, 2.24) is 4.90 Å². The van der Waals surface area contributed by atoms with Crippen molar-refractivity contribution >= 4 is 57.5 Å². The molecule has 3 rings (SSSR count). The molecule has 0 aliphatic heterocycles. The molecule has 0 saturated heterocycles. The van der Waals surface area contributed by atoms with Crippen molar-refractivity contribution in [2.45, 2.75) is 0 Å². The Bertz CT molecular complexity index is 1070. The molecule has 0 N–H and O–H groups in total. The second-order valence-electron chi connectivity index (χ2n) is 6.83. The Kier molecular flexibility index (Phi) is 22.1. The second kappa shape index (κ2) is 20.8. The summed E-state index contributed by atoms with van der Waals surface area (Å²) in [7, 11) is 6.27. The van der Waals surface area contributed by atoms with Gasteiger partial charge in [0.25, 0.3) is 0 Å². The van der Waals surface area contributed by atoms with Crippen molar-refractivity contribution in [3.05, 3.63) is 71.8 Å². The molecular weight excluding hydrogens is 766 g/mol. The minimum Gasteiger partial charge on any atom is -1.00 e. The predicted molar refractivity (Wildman–Crippen MR) is 131 cm³/mol. The first kappa shape index (κ1) is 39.3. The molecule has 1 amide bonds. The molecule has 2 radical (unpaired) electrons. The van der Waals surface area contributed by atoms with Crippen LogP contribution in [0.1, 0.15) is 11.1 Å². The Morgan fingerprint density at radius 2 is 1.08 bits per heavy atom. The van der Waals surface area contributed by atoms with Crippen molar-refractivity contribution in [3.63, 3.8) is 0 Å². The van der Waals surface area contributed by atoms with Gasteiger partial charge in [-0.05, 0) is 35.4 Å². The van der Waals surface area contributed by atoms with Crippen LogP contribution >= 0.6 is 0 Å². The summed E-state index contributed by atoms with van der Waals surface area (Å²) in [4.78, 5) is 19.6. The van der Waals surface area contributed by atoms with Crippen LogP contribution in [0, 0.1) is 0 Å². The number of ether oxygens (including phenoxy) is 2. The molecular formula is C25H25Cl2N3O5PbZn. The summed E-state index contributed by atoms with van der Waals surface area (Å²) in [5.41, 5.74) is 1.95. The van der Waals surface area contributed by atoms with E-state index >= 15 is 0 Å². The molecule has 0 aromatic heterocycles. The van der Waals surface area contributed by atoms with E-state index < -0.39 is 0 Å². The van der Waals surface area contributed by atoms with Crippen LogP contribution in [0.15, 0.2) is 70.6 Å². The van der Waals surface area contributed by atoms with Gasteiger partial charge in [-0.15, -0.1) is 0 Å². The standard InChI is InChI=1S/C22H20N2O4.C3H7NO.2ClH.Pb.Zn/c1-27-19-11-5-7-15(21(19)25)13-23-17-9-3-4-10-18(17)24-14-16-8-6-12-20(28-2)22(16)26;1-4(2)3-5;;;;/h3-14,25-26H,1-2H3;3H,1-2H3;2*1H;;/q;;;;2*+2/p-4. The van der Waals surface area contributed by atoms with Crippen LogP contribution in [0.5, 0.6) is 23.0 Å². The summed E-state index contributed by atoms with van der Waals surface area (Å²) in [5.74, 6) is 0.0525. The smallest absolute Gasteiger partial charge is 1.00 e. The molecule has 0 bridgehead atoms. The number of methoxy groups -OCH3 is 2. The summed E-state index contributed by atoms with van der Waals surface area (Å²) in [6, 6.07) is 17.2. The average Bonchev–Trinajstić information content (AvgIpc) is 2.83. The van der Waals surface area contributed by atoms with E-state index in [0.29, 0.717) is 22.5 Å². The van der Waals surface area contributed by atoms with E-state index in [0.717, 1.165) is 6.41 Å². The first-order valence-corrected chi connectivity index (χ1v) is 9.88. The van der Waals surface area contributed by atoms with Gasteiger partial charge in [0, 0.05) is 26.5 Å². The van der Waals surface area contributed by atoms with Crippen molar-refractivity contribution < 1.29 is 68.8 Å². The molecule has 0 spiro atoms. The Morgan fingerprint density at radius 3 is 1.38 bits per heavy atom. The van der Waals surface area contributed by atoms with Gasteiger partial charge in [-0.1, -0.05) is 47.9 Å². The predicted octanol–water partition coefficient (Wildman–Crippen LogP) is -3.32. The number of halogens is 2. The molecule has 0 saturated carbocycles. The molecule has 3 aromatic carbocycles. The number of carbonyl (C=O) groups excluding carboxylic acids is 1. The van der Waals surface area contributed by atoms with E-state index in [1.54, 1.807) is 62.6 Å². The van der Waals surface area contributed by atoms with Crippen LogP contribution in [-0.2, 0) is 24.3 Å². The number of rotatable bonds is 7. The SMILES string of the molecule is CN(C)C=O.COc1cccc(C=Nc2ccccc2N=Cc2cccc(OC)c2[O-])c1[O-].[Cl-].[Cl-].[Pb+2].[Zn+2]. The number of carbonyl (C=O) groups is 1. The molecule has 8 nitrogen and oxygen atoms in total. The van der Waals surface area contributed by atoms with Crippen LogP contribution < -0.4 is 44.5 Å². The van der Waals surface area contributed by atoms with Gasteiger partial charge < -0.3 is 49.4 Å². The normalized spacial score (nSPS) is 9.41. The van der Waals surface area contributed by atoms with Crippen LogP contribution in [0.4, 0.5) is 11.4 Å². The third-order valence-electron chi connectivity index (χ3n) is 4.24. The largest absolute Gasteiger partial charge is 2.00 e. The zero-order chi connectivity index (χ0) is 24.2. The van der Waals surface area contributed by atoms with Crippen molar-refractivity contribution in [3.8, 4) is 23.0 Å². The van der Waals surface area contributed by atoms with Gasteiger partial charge in [0.2, 0.25) is 6.41 Å². The zero-order valence-electron chi connectivity index (χ0n) is 20.9. The average molecular weight is 791 g/mol. The number of aliphatic imine (C=N–C) groups is 2. The molecule has 37 heavy (non-hydrogen) atoms. The molecule has 0 aliphatic carbocycles. The topological polar surface area (TPSA) is 110 Å². The van der Waals surface area contributed by atoms with Gasteiger partial charge in [0.15, 0.2) is 0 Å². The van der Waals surface area contributed by atoms with Crippen LogP contribution in [0.25, 0.3) is 0 Å². The molecule has 0 atom stereocenters. The van der Waals surface area contributed by atoms with Crippen molar-refractivity contribution in [2.24, 2.45) is 9.98 Å². The summed E-state index contributed by atoms with van der Waals surface area (Å²) < 4.78 is 10.1. The number of benzene rings is 3. The summed E-state index contributed by atoms with van der Waals surface area (Å²) in [5, 5.41) is 24.4. The maximum absolute atomic E-state index is 12.2. The van der Waals surface area contributed by atoms with Crippen molar-refractivity contribution in [1.29, 1.82) is 0 Å². The zero-order valence-corrected chi connectivity index (χ0v) is 29.2. The molecule has 0 unspecified atom stereocenters. The number of para-hydroxylation sites is 4. The van der Waals surface area contributed by atoms with E-state index in [1.807, 2.05) is 12.1 Å². The third kappa shape index (κ3) is 12.3. The summed E-state index contributed by atoms with van der Waals surface area (Å²) in [6.45, 7) is 0. The Balaban J connectivity index is -0.00000118. The summed E-state index contributed by atoms with van der Waals surface area (Å²) in [6.07, 6.45) is 3.70. The Labute approximate surface area is 262 Å². The number of amides is 1. The van der Waals surface area contributed by atoms with Gasteiger partial charge in [-0.25, -0.2) is 0 Å². The van der Waals surface area contributed by atoms with Gasteiger partial charge in [0.05, 0.1) is 25.6 Å². The molecule has 0 aliphatic rings. The van der Waals surface area contributed by atoms with E-state index in [1.165, 1.54) is 31.5 Å². The third-order valence-corrected chi connectivity index (χ3v) is 4.24. The first-order valence-electron chi connectivity index (χ1n) is 9.88. The molecule has 3 aromatic rings. The van der Waals surface area contributed by atoms with E-state index in [9.17, 15) is 15.0 Å². The fourth-order valence-electron chi connectivity index (χ4n) is 2.55. The quantitative estimate of drug-likeness (QED) is 0.142. The monoisotopic (exact) mass is 789 g/mol. The van der Waals surface area contributed by atoms with Crippen LogP contribution in [0.3, 0.4) is 0 Å².